The molecule has 82 valence electrons. The van der Waals surface area contributed by atoms with Crippen LogP contribution in [0.5, 0.6) is 0 Å². The van der Waals surface area contributed by atoms with Crippen LogP contribution in [-0.2, 0) is 13.1 Å². The molecule has 4 nitrogen and oxygen atoms in total. The number of hydrogen-bond acceptors (Lipinski definition) is 3. The first-order valence-corrected chi connectivity index (χ1v) is 5.18. The standard InChI is InChI=1S/C11H18N4/c1-5-7-15-10(12-9-14-15)8-13-11(3,4)6-2/h2,9,13H,5,7-8H2,1,3-4H3. The zero-order valence-corrected chi connectivity index (χ0v) is 9.62. The molecule has 0 bridgehead atoms. The summed E-state index contributed by atoms with van der Waals surface area (Å²) in [6, 6.07) is 0. The summed E-state index contributed by atoms with van der Waals surface area (Å²) < 4.78 is 1.90. The maximum absolute atomic E-state index is 5.39. The normalized spacial score (nSPS) is 11.3. The van der Waals surface area contributed by atoms with Gasteiger partial charge in [0.1, 0.15) is 12.2 Å². The van der Waals surface area contributed by atoms with Crippen molar-refractivity contribution in [3.8, 4) is 12.3 Å². The third-order valence-corrected chi connectivity index (χ3v) is 2.18. The van der Waals surface area contributed by atoms with Crippen LogP contribution in [0.3, 0.4) is 0 Å². The van der Waals surface area contributed by atoms with Crippen molar-refractivity contribution in [1.29, 1.82) is 0 Å². The van der Waals surface area contributed by atoms with Gasteiger partial charge in [-0.2, -0.15) is 5.10 Å². The van der Waals surface area contributed by atoms with Gasteiger partial charge in [0.05, 0.1) is 12.1 Å². The Labute approximate surface area is 91.1 Å². The van der Waals surface area contributed by atoms with Gasteiger partial charge in [0.25, 0.3) is 0 Å². The molecule has 0 saturated carbocycles. The summed E-state index contributed by atoms with van der Waals surface area (Å²) in [6.45, 7) is 7.59. The Morgan fingerprint density at radius 1 is 1.60 bits per heavy atom. The molecule has 1 N–H and O–H groups in total. The average molecular weight is 206 g/mol. The number of aryl methyl sites for hydroxylation is 1. The van der Waals surface area contributed by atoms with Crippen LogP contribution < -0.4 is 5.32 Å². The van der Waals surface area contributed by atoms with E-state index >= 15 is 0 Å². The Kier molecular flexibility index (Phi) is 3.87. The summed E-state index contributed by atoms with van der Waals surface area (Å²) in [5, 5.41) is 7.40. The van der Waals surface area contributed by atoms with Crippen LogP contribution >= 0.6 is 0 Å². The fraction of sp³-hybridized carbons (Fsp3) is 0.636. The van der Waals surface area contributed by atoms with Gasteiger partial charge in [0.15, 0.2) is 0 Å². The Morgan fingerprint density at radius 2 is 2.33 bits per heavy atom. The van der Waals surface area contributed by atoms with Gasteiger partial charge in [-0.1, -0.05) is 12.8 Å². The molecule has 0 fully saturated rings. The molecular weight excluding hydrogens is 188 g/mol. The molecule has 15 heavy (non-hydrogen) atoms. The first-order chi connectivity index (χ1) is 7.09. The van der Waals surface area contributed by atoms with Crippen LogP contribution in [-0.4, -0.2) is 20.3 Å². The summed E-state index contributed by atoms with van der Waals surface area (Å²) in [7, 11) is 0. The largest absolute Gasteiger partial charge is 0.294 e. The molecule has 0 aliphatic rings. The van der Waals surface area contributed by atoms with Crippen LogP contribution in [0.25, 0.3) is 0 Å². The van der Waals surface area contributed by atoms with E-state index in [0.29, 0.717) is 6.54 Å². The van der Waals surface area contributed by atoms with E-state index in [4.69, 9.17) is 6.42 Å². The van der Waals surface area contributed by atoms with E-state index in [9.17, 15) is 0 Å². The molecule has 0 atom stereocenters. The quantitative estimate of drug-likeness (QED) is 0.736. The van der Waals surface area contributed by atoms with Crippen molar-refractivity contribution in [3.05, 3.63) is 12.2 Å². The van der Waals surface area contributed by atoms with Crippen molar-refractivity contribution in [1.82, 2.24) is 20.1 Å². The fourth-order valence-electron chi connectivity index (χ4n) is 1.17. The van der Waals surface area contributed by atoms with Gasteiger partial charge in [0.2, 0.25) is 0 Å². The number of rotatable bonds is 5. The van der Waals surface area contributed by atoms with Crippen molar-refractivity contribution in [2.24, 2.45) is 0 Å². The predicted octanol–water partition coefficient (Wildman–Crippen LogP) is 1.19. The molecule has 0 saturated heterocycles. The maximum Gasteiger partial charge on any atom is 0.140 e. The third kappa shape index (κ3) is 3.37. The van der Waals surface area contributed by atoms with E-state index in [1.165, 1.54) is 0 Å². The Bertz CT molecular complexity index is 346. The number of nitrogens with one attached hydrogen (secondary N) is 1. The van der Waals surface area contributed by atoms with Crippen molar-refractivity contribution in [2.45, 2.75) is 45.8 Å². The molecule has 1 heterocycles. The highest BCUT2D eigenvalue weighted by Crippen LogP contribution is 2.02. The Balaban J connectivity index is 2.58. The first kappa shape index (κ1) is 11.7. The van der Waals surface area contributed by atoms with E-state index in [1.807, 2.05) is 18.5 Å². The van der Waals surface area contributed by atoms with Crippen molar-refractivity contribution in [2.75, 3.05) is 0 Å². The van der Waals surface area contributed by atoms with E-state index in [1.54, 1.807) is 6.33 Å². The number of aromatic nitrogens is 3. The van der Waals surface area contributed by atoms with Gasteiger partial charge in [-0.3, -0.25) is 5.32 Å². The molecule has 0 aliphatic carbocycles. The molecular formula is C11H18N4. The second-order valence-corrected chi connectivity index (χ2v) is 4.02. The second-order valence-electron chi connectivity index (χ2n) is 4.02. The third-order valence-electron chi connectivity index (χ3n) is 2.18. The lowest BCUT2D eigenvalue weighted by atomic mass is 10.1. The van der Waals surface area contributed by atoms with Crippen LogP contribution in [0, 0.1) is 12.3 Å². The van der Waals surface area contributed by atoms with Gasteiger partial charge in [-0.05, 0) is 20.3 Å². The van der Waals surface area contributed by atoms with Gasteiger partial charge in [-0.25, -0.2) is 9.67 Å². The Morgan fingerprint density at radius 3 is 2.93 bits per heavy atom. The minimum Gasteiger partial charge on any atom is -0.294 e. The zero-order chi connectivity index (χ0) is 11.3. The summed E-state index contributed by atoms with van der Waals surface area (Å²) >= 11 is 0. The second kappa shape index (κ2) is 4.94. The van der Waals surface area contributed by atoms with Gasteiger partial charge in [-0.15, -0.1) is 6.42 Å². The van der Waals surface area contributed by atoms with Crippen LogP contribution in [0.2, 0.25) is 0 Å². The lowest BCUT2D eigenvalue weighted by molar-refractivity contribution is 0.460. The molecule has 0 unspecified atom stereocenters. The molecule has 0 spiro atoms. The Hall–Kier alpha value is -1.34. The summed E-state index contributed by atoms with van der Waals surface area (Å²) in [4.78, 5) is 4.19. The number of nitrogens with zero attached hydrogens (tertiary/aromatic N) is 3. The lowest BCUT2D eigenvalue weighted by Crippen LogP contribution is -2.37. The fourth-order valence-corrected chi connectivity index (χ4v) is 1.17. The molecule has 0 radical (unpaired) electrons. The summed E-state index contributed by atoms with van der Waals surface area (Å²) in [5.41, 5.74) is -0.303. The van der Waals surface area contributed by atoms with Gasteiger partial charge >= 0.3 is 0 Å². The lowest BCUT2D eigenvalue weighted by Gasteiger charge is -2.19. The topological polar surface area (TPSA) is 42.7 Å². The van der Waals surface area contributed by atoms with E-state index < -0.39 is 0 Å². The molecule has 0 amide bonds. The number of hydrogen-bond donors (Lipinski definition) is 1. The molecule has 1 aromatic heterocycles. The van der Waals surface area contributed by atoms with Crippen LogP contribution in [0.4, 0.5) is 0 Å². The van der Waals surface area contributed by atoms with E-state index in [2.05, 4.69) is 28.2 Å². The highest BCUT2D eigenvalue weighted by Gasteiger charge is 2.14. The van der Waals surface area contributed by atoms with Crippen LogP contribution in [0.1, 0.15) is 33.0 Å². The van der Waals surface area contributed by atoms with Crippen molar-refractivity contribution in [3.63, 3.8) is 0 Å². The molecule has 1 aromatic rings. The van der Waals surface area contributed by atoms with Gasteiger partial charge in [0, 0.05) is 6.54 Å². The molecule has 4 heteroatoms. The minimum absolute atomic E-state index is 0.303. The highest BCUT2D eigenvalue weighted by atomic mass is 15.3. The smallest absolute Gasteiger partial charge is 0.140 e. The van der Waals surface area contributed by atoms with E-state index in [0.717, 1.165) is 18.8 Å². The van der Waals surface area contributed by atoms with Crippen molar-refractivity contribution >= 4 is 0 Å². The number of terminal acetylenes is 1. The maximum atomic E-state index is 5.39. The highest BCUT2D eigenvalue weighted by molar-refractivity contribution is 5.07. The van der Waals surface area contributed by atoms with Gasteiger partial charge < -0.3 is 0 Å². The van der Waals surface area contributed by atoms with E-state index in [-0.39, 0.29) is 5.54 Å². The first-order valence-electron chi connectivity index (χ1n) is 5.18. The molecule has 1 rings (SSSR count). The monoisotopic (exact) mass is 206 g/mol. The molecule has 0 aromatic carbocycles. The zero-order valence-electron chi connectivity index (χ0n) is 9.62. The predicted molar refractivity (Wildman–Crippen MR) is 60.1 cm³/mol. The summed E-state index contributed by atoms with van der Waals surface area (Å²) in [6.07, 6.45) is 8.02. The minimum atomic E-state index is -0.303. The summed E-state index contributed by atoms with van der Waals surface area (Å²) in [5.74, 6) is 3.62. The van der Waals surface area contributed by atoms with Crippen molar-refractivity contribution < 1.29 is 0 Å². The van der Waals surface area contributed by atoms with Crippen LogP contribution in [0.15, 0.2) is 6.33 Å². The molecule has 0 aliphatic heterocycles. The SMILES string of the molecule is C#CC(C)(C)NCc1ncnn1CCC. The average Bonchev–Trinajstić information content (AvgIpc) is 2.64.